The SMILES string of the molecule is NCCNC(C(=O)O)C(=O)O.[Na].[Na]. The first-order valence-corrected chi connectivity index (χ1v) is 2.98. The molecule has 0 bridgehead atoms. The largest absolute Gasteiger partial charge is 0.480 e. The summed E-state index contributed by atoms with van der Waals surface area (Å²) in [7, 11) is 0. The maximum atomic E-state index is 10.2. The number of hydrogen-bond donors (Lipinski definition) is 4. The van der Waals surface area contributed by atoms with Crippen molar-refractivity contribution in [1.82, 2.24) is 5.32 Å². The van der Waals surface area contributed by atoms with Gasteiger partial charge in [-0.15, -0.1) is 0 Å². The Kier molecular flexibility index (Phi) is 16.4. The Labute approximate surface area is 120 Å². The summed E-state index contributed by atoms with van der Waals surface area (Å²) in [5.74, 6) is -2.82. The molecule has 0 saturated heterocycles. The smallest absolute Gasteiger partial charge is 0.332 e. The quantitative estimate of drug-likeness (QED) is 0.289. The summed E-state index contributed by atoms with van der Waals surface area (Å²) in [6, 6.07) is -1.56. The zero-order valence-electron chi connectivity index (χ0n) is 7.78. The molecule has 0 rings (SSSR count). The van der Waals surface area contributed by atoms with E-state index in [4.69, 9.17) is 15.9 Å². The second kappa shape index (κ2) is 10.9. The molecular formula is C5H10N2Na2O4. The molecule has 0 spiro atoms. The molecule has 0 aliphatic carbocycles. The van der Waals surface area contributed by atoms with Crippen LogP contribution in [0.2, 0.25) is 0 Å². The third-order valence-corrected chi connectivity index (χ3v) is 0.987. The van der Waals surface area contributed by atoms with E-state index < -0.39 is 18.0 Å². The van der Waals surface area contributed by atoms with Crippen LogP contribution in [-0.2, 0) is 9.59 Å². The second-order valence-corrected chi connectivity index (χ2v) is 1.85. The first kappa shape index (κ1) is 19.4. The summed E-state index contributed by atoms with van der Waals surface area (Å²) in [6.45, 7) is 0.375. The number of hydrogen-bond acceptors (Lipinski definition) is 4. The van der Waals surface area contributed by atoms with E-state index in [1.807, 2.05) is 0 Å². The molecule has 5 N–H and O–H groups in total. The molecular weight excluding hydrogens is 198 g/mol. The number of carbonyl (C=O) groups is 2. The van der Waals surface area contributed by atoms with E-state index in [2.05, 4.69) is 5.32 Å². The summed E-state index contributed by atoms with van der Waals surface area (Å²) in [4.78, 5) is 20.3. The number of nitrogens with one attached hydrogen (secondary N) is 1. The number of carboxylic acid groups (broad SMARTS) is 2. The van der Waals surface area contributed by atoms with E-state index in [0.717, 1.165) is 0 Å². The molecule has 0 atom stereocenters. The van der Waals surface area contributed by atoms with Crippen LogP contribution in [0.25, 0.3) is 0 Å². The van der Waals surface area contributed by atoms with Crippen molar-refractivity contribution in [1.29, 1.82) is 0 Å². The van der Waals surface area contributed by atoms with Crippen LogP contribution in [-0.4, -0.2) is 100 Å². The van der Waals surface area contributed by atoms with Crippen LogP contribution >= 0.6 is 0 Å². The molecule has 0 aliphatic rings. The molecule has 2 radical (unpaired) electrons. The molecule has 8 heteroatoms. The minimum atomic E-state index is -1.56. The topological polar surface area (TPSA) is 113 Å². The van der Waals surface area contributed by atoms with Crippen molar-refractivity contribution in [3.05, 3.63) is 0 Å². The summed E-state index contributed by atoms with van der Waals surface area (Å²) in [5.41, 5.74) is 5.03. The molecule has 0 saturated carbocycles. The van der Waals surface area contributed by atoms with Gasteiger partial charge in [0.1, 0.15) is 0 Å². The number of rotatable bonds is 5. The standard InChI is InChI=1S/C5H10N2O4.2Na/c6-1-2-7-3(4(8)9)5(10)11;;/h3,7H,1-2,6H2,(H,8,9)(H,10,11);;. The summed E-state index contributed by atoms with van der Waals surface area (Å²) >= 11 is 0. The van der Waals surface area contributed by atoms with Crippen molar-refractivity contribution in [2.75, 3.05) is 13.1 Å². The molecule has 0 aromatic heterocycles. The maximum Gasteiger partial charge on any atom is 0.332 e. The number of carboxylic acids is 2. The van der Waals surface area contributed by atoms with Gasteiger partial charge >= 0.3 is 11.9 Å². The Morgan fingerprint density at radius 1 is 1.23 bits per heavy atom. The van der Waals surface area contributed by atoms with Crippen molar-refractivity contribution < 1.29 is 19.8 Å². The number of nitrogens with two attached hydrogens (primary N) is 1. The van der Waals surface area contributed by atoms with Crippen LogP contribution < -0.4 is 11.1 Å². The third-order valence-electron chi connectivity index (χ3n) is 0.987. The van der Waals surface area contributed by atoms with Crippen molar-refractivity contribution in [3.8, 4) is 0 Å². The van der Waals surface area contributed by atoms with Gasteiger partial charge in [0.05, 0.1) is 0 Å². The maximum absolute atomic E-state index is 10.2. The van der Waals surface area contributed by atoms with Gasteiger partial charge in [-0.25, -0.2) is 9.59 Å². The third kappa shape index (κ3) is 9.17. The van der Waals surface area contributed by atoms with Crippen LogP contribution in [0.4, 0.5) is 0 Å². The van der Waals surface area contributed by atoms with Gasteiger partial charge in [-0.05, 0) is 0 Å². The molecule has 0 heterocycles. The van der Waals surface area contributed by atoms with E-state index in [1.54, 1.807) is 0 Å². The molecule has 0 aliphatic heterocycles. The van der Waals surface area contributed by atoms with E-state index in [-0.39, 0.29) is 72.2 Å². The molecule has 0 aromatic rings. The predicted molar refractivity (Wildman–Crippen MR) is 47.6 cm³/mol. The van der Waals surface area contributed by atoms with E-state index in [1.165, 1.54) is 0 Å². The zero-order valence-corrected chi connectivity index (χ0v) is 11.8. The fourth-order valence-electron chi connectivity index (χ4n) is 0.508. The van der Waals surface area contributed by atoms with Gasteiger partial charge in [-0.3, -0.25) is 5.32 Å². The fraction of sp³-hybridized carbons (Fsp3) is 0.600. The van der Waals surface area contributed by atoms with Crippen LogP contribution in [0.3, 0.4) is 0 Å². The van der Waals surface area contributed by atoms with Crippen LogP contribution in [0.1, 0.15) is 0 Å². The van der Waals surface area contributed by atoms with Gasteiger partial charge < -0.3 is 15.9 Å². The Morgan fingerprint density at radius 2 is 1.62 bits per heavy atom. The predicted octanol–water partition coefficient (Wildman–Crippen LogP) is -2.69. The minimum Gasteiger partial charge on any atom is -0.480 e. The van der Waals surface area contributed by atoms with Gasteiger partial charge in [-0.1, -0.05) is 0 Å². The van der Waals surface area contributed by atoms with Crippen molar-refractivity contribution in [3.63, 3.8) is 0 Å². The number of aliphatic carboxylic acids is 2. The van der Waals surface area contributed by atoms with Gasteiger partial charge in [0.15, 0.2) is 0 Å². The summed E-state index contributed by atoms with van der Waals surface area (Å²) < 4.78 is 0. The van der Waals surface area contributed by atoms with E-state index in [9.17, 15) is 9.59 Å². The summed E-state index contributed by atoms with van der Waals surface area (Å²) in [6.07, 6.45) is 0. The molecule has 13 heavy (non-hydrogen) atoms. The molecule has 0 fully saturated rings. The van der Waals surface area contributed by atoms with E-state index in [0.29, 0.717) is 0 Å². The van der Waals surface area contributed by atoms with Gasteiger partial charge in [0.25, 0.3) is 0 Å². The average Bonchev–Trinajstić information content (AvgIpc) is 1.87. The van der Waals surface area contributed by atoms with Crippen LogP contribution in [0.5, 0.6) is 0 Å². The Balaban J connectivity index is -0.000000500. The Hall–Kier alpha value is 0.860. The first-order valence-electron chi connectivity index (χ1n) is 2.98. The molecule has 66 valence electrons. The van der Waals surface area contributed by atoms with Gasteiger partial charge in [0, 0.05) is 72.2 Å². The minimum absolute atomic E-state index is 0. The van der Waals surface area contributed by atoms with Gasteiger partial charge in [-0.2, -0.15) is 0 Å². The van der Waals surface area contributed by atoms with E-state index >= 15 is 0 Å². The first-order chi connectivity index (χ1) is 5.09. The molecule has 0 aromatic carbocycles. The van der Waals surface area contributed by atoms with Gasteiger partial charge in [0.2, 0.25) is 6.04 Å². The molecule has 0 unspecified atom stereocenters. The molecule has 6 nitrogen and oxygen atoms in total. The van der Waals surface area contributed by atoms with Crippen LogP contribution in [0, 0.1) is 0 Å². The molecule has 0 amide bonds. The van der Waals surface area contributed by atoms with Crippen molar-refractivity contribution in [2.24, 2.45) is 5.73 Å². The van der Waals surface area contributed by atoms with Crippen molar-refractivity contribution in [2.45, 2.75) is 6.04 Å². The zero-order chi connectivity index (χ0) is 8.85. The second-order valence-electron chi connectivity index (χ2n) is 1.85. The Morgan fingerprint density at radius 3 is 1.85 bits per heavy atom. The monoisotopic (exact) mass is 208 g/mol. The van der Waals surface area contributed by atoms with Crippen molar-refractivity contribution >= 4 is 71.1 Å². The average molecular weight is 208 g/mol. The van der Waals surface area contributed by atoms with Crippen LogP contribution in [0.15, 0.2) is 0 Å². The summed E-state index contributed by atoms with van der Waals surface area (Å²) in [5, 5.41) is 18.8. The normalized spacial score (nSPS) is 8.46. The fourth-order valence-corrected chi connectivity index (χ4v) is 0.508. The Bertz CT molecular complexity index is 153.